The predicted molar refractivity (Wildman–Crippen MR) is 99.0 cm³/mol. The lowest BCUT2D eigenvalue weighted by Gasteiger charge is -2.39. The Bertz CT molecular complexity index is 988. The molecule has 1 aromatic carbocycles. The van der Waals surface area contributed by atoms with Crippen molar-refractivity contribution in [3.63, 3.8) is 0 Å². The van der Waals surface area contributed by atoms with E-state index in [0.717, 1.165) is 29.8 Å². The first-order valence-electron chi connectivity index (χ1n) is 8.47. The standard InChI is InChI=1S/C20H18N4O2/c1-14(25)6-8-18-20(22-11-10-21-18)26-16-12-24(13-16)19-9-7-15-4-2-3-5-17(15)23-19/h2-5,7,9-11,14,16,25H,12-13H2,1H3. The number of nitrogens with zero attached hydrogens (tertiary/aromatic N) is 4. The van der Waals surface area contributed by atoms with Crippen LogP contribution < -0.4 is 9.64 Å². The van der Waals surface area contributed by atoms with Gasteiger partial charge < -0.3 is 14.7 Å². The molecule has 6 heteroatoms. The minimum atomic E-state index is -0.719. The first kappa shape index (κ1) is 16.3. The number of aliphatic hydroxyl groups excluding tert-OH is 1. The Morgan fingerprint density at radius 2 is 1.96 bits per heavy atom. The summed E-state index contributed by atoms with van der Waals surface area (Å²) < 4.78 is 5.93. The van der Waals surface area contributed by atoms with Gasteiger partial charge in [0.2, 0.25) is 5.88 Å². The molecule has 0 amide bonds. The van der Waals surface area contributed by atoms with Crippen molar-refractivity contribution in [2.24, 2.45) is 0 Å². The number of para-hydroxylation sites is 1. The van der Waals surface area contributed by atoms with Crippen molar-refractivity contribution in [3.05, 3.63) is 54.5 Å². The van der Waals surface area contributed by atoms with E-state index in [2.05, 4.69) is 38.8 Å². The number of hydrogen-bond acceptors (Lipinski definition) is 6. The summed E-state index contributed by atoms with van der Waals surface area (Å²) in [5, 5.41) is 10.4. The topological polar surface area (TPSA) is 71.4 Å². The molecule has 1 aliphatic rings. The zero-order valence-electron chi connectivity index (χ0n) is 14.3. The van der Waals surface area contributed by atoms with Crippen LogP contribution in [-0.2, 0) is 0 Å². The average molecular weight is 346 g/mol. The van der Waals surface area contributed by atoms with E-state index in [1.807, 2.05) is 24.3 Å². The molecule has 4 rings (SSSR count). The second-order valence-corrected chi connectivity index (χ2v) is 6.16. The van der Waals surface area contributed by atoms with Gasteiger partial charge in [-0.05, 0) is 31.0 Å². The zero-order chi connectivity index (χ0) is 17.9. The lowest BCUT2D eigenvalue weighted by molar-refractivity contribution is 0.159. The first-order valence-corrected chi connectivity index (χ1v) is 8.47. The van der Waals surface area contributed by atoms with Crippen molar-refractivity contribution in [2.75, 3.05) is 18.0 Å². The molecule has 3 aromatic rings. The van der Waals surface area contributed by atoms with E-state index < -0.39 is 6.10 Å². The molecule has 0 saturated carbocycles. The Hall–Kier alpha value is -3.17. The van der Waals surface area contributed by atoms with Crippen molar-refractivity contribution < 1.29 is 9.84 Å². The maximum absolute atomic E-state index is 9.30. The summed E-state index contributed by atoms with van der Waals surface area (Å²) >= 11 is 0. The zero-order valence-corrected chi connectivity index (χ0v) is 14.3. The first-order chi connectivity index (χ1) is 12.7. The van der Waals surface area contributed by atoms with Crippen LogP contribution in [-0.4, -0.2) is 45.4 Å². The Labute approximate surface area is 151 Å². The van der Waals surface area contributed by atoms with Crippen LogP contribution in [0.4, 0.5) is 5.82 Å². The van der Waals surface area contributed by atoms with Gasteiger partial charge in [0.05, 0.1) is 18.6 Å². The van der Waals surface area contributed by atoms with Crippen LogP contribution in [0, 0.1) is 11.8 Å². The number of rotatable bonds is 3. The summed E-state index contributed by atoms with van der Waals surface area (Å²) in [6.45, 7) is 3.06. The maximum atomic E-state index is 9.30. The molecule has 1 saturated heterocycles. The normalized spacial score (nSPS) is 15.1. The lowest BCUT2D eigenvalue weighted by atomic mass is 10.1. The highest BCUT2D eigenvalue weighted by atomic mass is 16.5. The van der Waals surface area contributed by atoms with E-state index in [9.17, 15) is 5.11 Å². The fraction of sp³-hybridized carbons (Fsp3) is 0.250. The highest BCUT2D eigenvalue weighted by Crippen LogP contribution is 2.24. The van der Waals surface area contributed by atoms with Gasteiger partial charge in [-0.15, -0.1) is 0 Å². The summed E-state index contributed by atoms with van der Waals surface area (Å²) in [5.74, 6) is 6.81. The highest BCUT2D eigenvalue weighted by Gasteiger charge is 2.30. The van der Waals surface area contributed by atoms with Gasteiger partial charge in [0.15, 0.2) is 5.69 Å². The van der Waals surface area contributed by atoms with Crippen LogP contribution in [0.15, 0.2) is 48.8 Å². The Balaban J connectivity index is 1.43. The third-order valence-electron chi connectivity index (χ3n) is 4.10. The largest absolute Gasteiger partial charge is 0.469 e. The third-order valence-corrected chi connectivity index (χ3v) is 4.10. The Morgan fingerprint density at radius 1 is 1.15 bits per heavy atom. The molecule has 1 unspecified atom stereocenters. The van der Waals surface area contributed by atoms with E-state index in [1.54, 1.807) is 19.3 Å². The van der Waals surface area contributed by atoms with Crippen molar-refractivity contribution in [1.29, 1.82) is 0 Å². The van der Waals surface area contributed by atoms with E-state index in [0.29, 0.717) is 11.6 Å². The minimum Gasteiger partial charge on any atom is -0.469 e. The molecule has 130 valence electrons. The highest BCUT2D eigenvalue weighted by molar-refractivity contribution is 5.80. The molecule has 6 nitrogen and oxygen atoms in total. The second-order valence-electron chi connectivity index (χ2n) is 6.16. The van der Waals surface area contributed by atoms with Gasteiger partial charge >= 0.3 is 0 Å². The van der Waals surface area contributed by atoms with Crippen LogP contribution in [0.2, 0.25) is 0 Å². The summed E-state index contributed by atoms with van der Waals surface area (Å²) in [6, 6.07) is 12.2. The van der Waals surface area contributed by atoms with Crippen LogP contribution in [0.1, 0.15) is 12.6 Å². The fourth-order valence-corrected chi connectivity index (χ4v) is 2.76. The smallest absolute Gasteiger partial charge is 0.249 e. The second kappa shape index (κ2) is 6.98. The Morgan fingerprint density at radius 3 is 2.81 bits per heavy atom. The van der Waals surface area contributed by atoms with Crippen molar-refractivity contribution in [3.8, 4) is 17.7 Å². The number of anilines is 1. The number of benzene rings is 1. The molecule has 26 heavy (non-hydrogen) atoms. The van der Waals surface area contributed by atoms with E-state index >= 15 is 0 Å². The van der Waals surface area contributed by atoms with Crippen molar-refractivity contribution >= 4 is 16.7 Å². The third kappa shape index (κ3) is 3.44. The number of fused-ring (bicyclic) bond motifs is 1. The molecule has 0 spiro atoms. The van der Waals surface area contributed by atoms with E-state index in [4.69, 9.17) is 9.72 Å². The molecule has 1 fully saturated rings. The van der Waals surface area contributed by atoms with Crippen molar-refractivity contribution in [1.82, 2.24) is 15.0 Å². The van der Waals surface area contributed by atoms with Crippen LogP contribution in [0.3, 0.4) is 0 Å². The van der Waals surface area contributed by atoms with Gasteiger partial charge in [-0.3, -0.25) is 0 Å². The summed E-state index contributed by atoms with van der Waals surface area (Å²) in [5.41, 5.74) is 1.43. The number of hydrogen-bond donors (Lipinski definition) is 1. The molecule has 0 bridgehead atoms. The summed E-state index contributed by atoms with van der Waals surface area (Å²) in [7, 11) is 0. The monoisotopic (exact) mass is 346 g/mol. The SMILES string of the molecule is CC(O)C#Cc1nccnc1OC1CN(c2ccc3ccccc3n2)C1. The molecule has 0 radical (unpaired) electrons. The number of aromatic nitrogens is 3. The molecule has 0 aliphatic carbocycles. The maximum Gasteiger partial charge on any atom is 0.249 e. The van der Waals surface area contributed by atoms with E-state index in [-0.39, 0.29) is 6.10 Å². The van der Waals surface area contributed by atoms with Gasteiger partial charge in [-0.2, -0.15) is 0 Å². The molecule has 1 aliphatic heterocycles. The molecular formula is C20H18N4O2. The van der Waals surface area contributed by atoms with Gasteiger partial charge in [0, 0.05) is 17.8 Å². The lowest BCUT2D eigenvalue weighted by Crippen LogP contribution is -2.54. The van der Waals surface area contributed by atoms with Crippen molar-refractivity contribution in [2.45, 2.75) is 19.1 Å². The molecular weight excluding hydrogens is 328 g/mol. The molecule has 3 heterocycles. The number of ether oxygens (including phenoxy) is 1. The van der Waals surface area contributed by atoms with Crippen LogP contribution >= 0.6 is 0 Å². The number of pyridine rings is 1. The average Bonchev–Trinajstić information content (AvgIpc) is 2.63. The van der Waals surface area contributed by atoms with Gasteiger partial charge in [-0.25, -0.2) is 15.0 Å². The van der Waals surface area contributed by atoms with Gasteiger partial charge in [-0.1, -0.05) is 24.1 Å². The quantitative estimate of drug-likeness (QED) is 0.732. The molecule has 2 aromatic heterocycles. The van der Waals surface area contributed by atoms with Crippen LogP contribution in [0.25, 0.3) is 10.9 Å². The van der Waals surface area contributed by atoms with Gasteiger partial charge in [0.25, 0.3) is 0 Å². The molecule has 1 N–H and O–H groups in total. The summed E-state index contributed by atoms with van der Waals surface area (Å²) in [4.78, 5) is 15.2. The fourth-order valence-electron chi connectivity index (χ4n) is 2.76. The number of aliphatic hydroxyl groups is 1. The molecule has 1 atom stereocenters. The Kier molecular flexibility index (Phi) is 4.38. The minimum absolute atomic E-state index is 0.00655. The van der Waals surface area contributed by atoms with Gasteiger partial charge in [0.1, 0.15) is 18.0 Å². The summed E-state index contributed by atoms with van der Waals surface area (Å²) in [6.07, 6.45) is 2.42. The van der Waals surface area contributed by atoms with E-state index in [1.165, 1.54) is 0 Å². The van der Waals surface area contributed by atoms with Crippen LogP contribution in [0.5, 0.6) is 5.88 Å². The predicted octanol–water partition coefficient (Wildman–Crippen LogP) is 2.02.